The molecule has 0 amide bonds. The number of rotatable bonds is 7. The molecular weight excluding hydrogens is 459 g/mol. The average Bonchev–Trinajstić information content (AvgIpc) is 3.51. The summed E-state index contributed by atoms with van der Waals surface area (Å²) >= 11 is 0. The number of aliphatic imine (C=N–C) groups is 1. The average molecular weight is 485 g/mol. The minimum Gasteiger partial charge on any atom is -0.454 e. The van der Waals surface area contributed by atoms with Crippen LogP contribution in [0.15, 0.2) is 84.5 Å². The van der Waals surface area contributed by atoms with Crippen LogP contribution in [0, 0.1) is 5.82 Å². The predicted octanol–water partition coefficient (Wildman–Crippen LogP) is 5.10. The Bertz CT molecular complexity index is 1490. The van der Waals surface area contributed by atoms with Crippen LogP contribution in [0.4, 0.5) is 4.39 Å². The molecule has 1 aliphatic rings. The second-order valence-corrected chi connectivity index (χ2v) is 8.27. The molecule has 1 aliphatic heterocycles. The van der Waals surface area contributed by atoms with Gasteiger partial charge in [0.2, 0.25) is 6.79 Å². The summed E-state index contributed by atoms with van der Waals surface area (Å²) in [6.45, 7) is 6.34. The van der Waals surface area contributed by atoms with E-state index in [1.807, 2.05) is 53.9 Å². The van der Waals surface area contributed by atoms with E-state index in [4.69, 9.17) is 19.5 Å². The number of aliphatic hydroxyl groups excluding tert-OH is 1. The molecule has 0 spiro atoms. The van der Waals surface area contributed by atoms with Crippen molar-refractivity contribution in [3.05, 3.63) is 102 Å². The number of benzene rings is 2. The molecule has 0 atom stereocenters. The molecule has 8 heteroatoms. The Kier molecular flexibility index (Phi) is 6.51. The lowest BCUT2D eigenvalue weighted by atomic mass is 10.1. The number of hydrogen-bond acceptors (Lipinski definition) is 5. The van der Waals surface area contributed by atoms with Gasteiger partial charge in [0.25, 0.3) is 0 Å². The van der Waals surface area contributed by atoms with Crippen LogP contribution in [0.3, 0.4) is 0 Å². The molecule has 7 nitrogen and oxygen atoms in total. The van der Waals surface area contributed by atoms with Crippen LogP contribution in [0.1, 0.15) is 23.7 Å². The van der Waals surface area contributed by atoms with Crippen LogP contribution in [0.2, 0.25) is 0 Å². The Morgan fingerprint density at radius 3 is 2.72 bits per heavy atom. The number of hydrogen-bond donors (Lipinski definition) is 2. The Morgan fingerprint density at radius 1 is 1.14 bits per heavy atom. The number of nitrogens with one attached hydrogen (secondary N) is 1. The zero-order chi connectivity index (χ0) is 25.1. The van der Waals surface area contributed by atoms with Crippen LogP contribution in [0.25, 0.3) is 22.6 Å². The highest BCUT2D eigenvalue weighted by Gasteiger charge is 2.19. The molecule has 5 rings (SSSR count). The van der Waals surface area contributed by atoms with E-state index in [1.54, 1.807) is 18.2 Å². The number of allylic oxidation sites excluding steroid dienone is 2. The number of fused-ring (bicyclic) bond motifs is 2. The molecule has 2 aromatic heterocycles. The highest BCUT2D eigenvalue weighted by atomic mass is 19.1. The van der Waals surface area contributed by atoms with Crippen molar-refractivity contribution in [2.75, 3.05) is 6.79 Å². The number of pyridine rings is 1. The van der Waals surface area contributed by atoms with E-state index in [2.05, 4.69) is 11.9 Å². The third-order valence-electron chi connectivity index (χ3n) is 5.78. The highest BCUT2D eigenvalue weighted by molar-refractivity contribution is 5.92. The Balaban J connectivity index is 1.51. The molecule has 182 valence electrons. The summed E-state index contributed by atoms with van der Waals surface area (Å²) < 4.78 is 26.4. The van der Waals surface area contributed by atoms with Gasteiger partial charge in [0.1, 0.15) is 11.5 Å². The molecule has 0 fully saturated rings. The second-order valence-electron chi connectivity index (χ2n) is 8.27. The molecule has 0 aliphatic carbocycles. The predicted molar refractivity (Wildman–Crippen MR) is 137 cm³/mol. The van der Waals surface area contributed by atoms with Crippen molar-refractivity contribution in [3.63, 3.8) is 0 Å². The first-order valence-electron chi connectivity index (χ1n) is 11.4. The van der Waals surface area contributed by atoms with Crippen molar-refractivity contribution in [3.8, 4) is 22.8 Å². The first-order valence-corrected chi connectivity index (χ1v) is 11.4. The van der Waals surface area contributed by atoms with Gasteiger partial charge in [-0.05, 0) is 72.7 Å². The van der Waals surface area contributed by atoms with E-state index in [1.165, 1.54) is 12.1 Å². The fourth-order valence-corrected chi connectivity index (χ4v) is 4.03. The molecular formula is C28H25FN4O3. The van der Waals surface area contributed by atoms with Crippen LogP contribution in [0.5, 0.6) is 11.5 Å². The van der Waals surface area contributed by atoms with Gasteiger partial charge >= 0.3 is 0 Å². The lowest BCUT2D eigenvalue weighted by Gasteiger charge is -2.13. The van der Waals surface area contributed by atoms with Crippen molar-refractivity contribution in [2.45, 2.75) is 20.1 Å². The van der Waals surface area contributed by atoms with Gasteiger partial charge in [0.15, 0.2) is 11.5 Å². The molecule has 2 N–H and O–H groups in total. The van der Waals surface area contributed by atoms with Crippen molar-refractivity contribution in [2.24, 2.45) is 4.99 Å². The lowest BCUT2D eigenvalue weighted by Crippen LogP contribution is -2.20. The standard InChI is InChI=1S/C28H25FN4O3/c1-3-4-23(31-18(2)30-15-19-5-10-24-25(13-19)36-17-35-24)28-27(21-6-8-22(29)9-7-21)32-26-14-20(16-34)11-12-33(26)28/h3-14,34H,1,15-17H2,2H3,(H,30,31)/b23-4-. The summed E-state index contributed by atoms with van der Waals surface area (Å²) in [5.74, 6) is 1.82. The van der Waals surface area contributed by atoms with E-state index in [0.717, 1.165) is 39.6 Å². The maximum absolute atomic E-state index is 13.6. The van der Waals surface area contributed by atoms with Crippen molar-refractivity contribution in [1.29, 1.82) is 0 Å². The van der Waals surface area contributed by atoms with Gasteiger partial charge in [0, 0.05) is 11.8 Å². The van der Waals surface area contributed by atoms with Crippen LogP contribution in [-0.2, 0) is 13.2 Å². The van der Waals surface area contributed by atoms with Gasteiger partial charge in [0.05, 0.1) is 36.1 Å². The summed E-state index contributed by atoms with van der Waals surface area (Å²) in [5.41, 5.74) is 5.30. The molecule has 36 heavy (non-hydrogen) atoms. The van der Waals surface area contributed by atoms with Gasteiger partial charge in [-0.2, -0.15) is 0 Å². The summed E-state index contributed by atoms with van der Waals surface area (Å²) in [6, 6.07) is 15.6. The molecule has 0 bridgehead atoms. The van der Waals surface area contributed by atoms with E-state index in [-0.39, 0.29) is 19.2 Å². The van der Waals surface area contributed by atoms with Gasteiger partial charge in [-0.15, -0.1) is 0 Å². The lowest BCUT2D eigenvalue weighted by molar-refractivity contribution is 0.174. The Hall–Kier alpha value is -4.43. The highest BCUT2D eigenvalue weighted by Crippen LogP contribution is 2.33. The third kappa shape index (κ3) is 4.71. The monoisotopic (exact) mass is 484 g/mol. The van der Waals surface area contributed by atoms with Gasteiger partial charge in [-0.25, -0.2) is 9.37 Å². The quantitative estimate of drug-likeness (QED) is 0.217. The number of aromatic nitrogens is 2. The van der Waals surface area contributed by atoms with Crippen LogP contribution in [-0.4, -0.2) is 27.1 Å². The third-order valence-corrected chi connectivity index (χ3v) is 5.78. The largest absolute Gasteiger partial charge is 0.454 e. The fourth-order valence-electron chi connectivity index (χ4n) is 4.03. The number of halogens is 1. The summed E-state index contributed by atoms with van der Waals surface area (Å²) in [6.07, 6.45) is 5.38. The number of imidazole rings is 1. The number of aliphatic hydroxyl groups is 1. The zero-order valence-corrected chi connectivity index (χ0v) is 19.7. The molecule has 0 saturated heterocycles. The summed E-state index contributed by atoms with van der Waals surface area (Å²) in [7, 11) is 0. The molecule has 0 saturated carbocycles. The maximum Gasteiger partial charge on any atom is 0.231 e. The molecule has 4 aromatic rings. The van der Waals surface area contributed by atoms with Crippen molar-refractivity contribution >= 4 is 17.2 Å². The maximum atomic E-state index is 13.6. The fraction of sp³-hybridized carbons (Fsp3) is 0.143. The minimum atomic E-state index is -0.321. The normalized spacial score (nSPS) is 13.3. The molecule has 3 heterocycles. The number of nitrogens with zero attached hydrogens (tertiary/aromatic N) is 3. The van der Waals surface area contributed by atoms with E-state index in [0.29, 0.717) is 23.7 Å². The molecule has 0 unspecified atom stereocenters. The van der Waals surface area contributed by atoms with Gasteiger partial charge in [-0.1, -0.05) is 18.7 Å². The van der Waals surface area contributed by atoms with Crippen molar-refractivity contribution in [1.82, 2.24) is 14.7 Å². The first kappa shape index (κ1) is 23.3. The molecule has 0 radical (unpaired) electrons. The number of amidine groups is 1. The second kappa shape index (κ2) is 10.1. The smallest absolute Gasteiger partial charge is 0.231 e. The zero-order valence-electron chi connectivity index (χ0n) is 19.7. The van der Waals surface area contributed by atoms with Crippen LogP contribution >= 0.6 is 0 Å². The topological polar surface area (TPSA) is 80.4 Å². The minimum absolute atomic E-state index is 0.0934. The summed E-state index contributed by atoms with van der Waals surface area (Å²) in [4.78, 5) is 9.50. The van der Waals surface area contributed by atoms with E-state index in [9.17, 15) is 9.50 Å². The van der Waals surface area contributed by atoms with Crippen LogP contribution < -0.4 is 14.8 Å². The Morgan fingerprint density at radius 2 is 1.94 bits per heavy atom. The SMILES string of the molecule is C=C/C=C(\NC(C)=NCc1ccc2c(c1)OCO2)c1c(-c2ccc(F)cc2)nc2cc(CO)ccn12. The Labute approximate surface area is 207 Å². The summed E-state index contributed by atoms with van der Waals surface area (Å²) in [5, 5.41) is 13.0. The van der Waals surface area contributed by atoms with Crippen molar-refractivity contribution < 1.29 is 19.0 Å². The van der Waals surface area contributed by atoms with E-state index < -0.39 is 0 Å². The molecule has 2 aromatic carbocycles. The first-order chi connectivity index (χ1) is 17.6. The van der Waals surface area contributed by atoms with E-state index >= 15 is 0 Å². The number of ether oxygens (including phenoxy) is 2. The van der Waals surface area contributed by atoms with Gasteiger partial charge < -0.3 is 19.9 Å². The van der Waals surface area contributed by atoms with Gasteiger partial charge in [-0.3, -0.25) is 9.39 Å².